The summed E-state index contributed by atoms with van der Waals surface area (Å²) in [6.45, 7) is 1.62. The van der Waals surface area contributed by atoms with E-state index < -0.39 is 0 Å². The molecule has 30 heavy (non-hydrogen) atoms. The van der Waals surface area contributed by atoms with Gasteiger partial charge in [0, 0.05) is 31.4 Å². The second-order valence-electron chi connectivity index (χ2n) is 8.41. The third-order valence-corrected chi connectivity index (χ3v) is 6.52. The fourth-order valence-corrected chi connectivity index (χ4v) is 4.75. The number of amides is 1. The third-order valence-electron chi connectivity index (χ3n) is 6.52. The van der Waals surface area contributed by atoms with Crippen molar-refractivity contribution in [1.82, 2.24) is 20.2 Å². The van der Waals surface area contributed by atoms with Crippen molar-refractivity contribution in [2.24, 2.45) is 0 Å². The minimum atomic E-state index is -0.351. The van der Waals surface area contributed by atoms with Crippen LogP contribution in [0.5, 0.6) is 0 Å². The second kappa shape index (κ2) is 7.33. The lowest BCUT2D eigenvalue weighted by atomic mass is 10.1. The fourth-order valence-electron chi connectivity index (χ4n) is 4.75. The summed E-state index contributed by atoms with van der Waals surface area (Å²) in [6, 6.07) is 9.41. The smallest absolute Gasteiger partial charge is 0.236 e. The summed E-state index contributed by atoms with van der Waals surface area (Å²) in [5, 5.41) is 12.3. The van der Waals surface area contributed by atoms with Crippen molar-refractivity contribution >= 4 is 11.7 Å². The van der Waals surface area contributed by atoms with Crippen LogP contribution in [0.4, 0.5) is 10.2 Å². The van der Waals surface area contributed by atoms with Crippen LogP contribution in [0.25, 0.3) is 0 Å². The molecular formula is C22H23FN6O. The van der Waals surface area contributed by atoms with E-state index in [-0.39, 0.29) is 35.9 Å². The highest BCUT2D eigenvalue weighted by molar-refractivity contribution is 5.79. The van der Waals surface area contributed by atoms with Crippen molar-refractivity contribution in [3.63, 3.8) is 0 Å². The molecule has 5 rings (SSSR count). The summed E-state index contributed by atoms with van der Waals surface area (Å²) in [6.07, 6.45) is 6.71. The number of hydrogen-bond donors (Lipinski definition) is 1. The van der Waals surface area contributed by atoms with Gasteiger partial charge >= 0.3 is 0 Å². The molecule has 0 aromatic carbocycles. The maximum absolute atomic E-state index is 13.2. The van der Waals surface area contributed by atoms with Crippen molar-refractivity contribution in [2.45, 2.75) is 43.3 Å². The number of rotatable bonds is 5. The zero-order chi connectivity index (χ0) is 20.7. The molecule has 2 bridgehead atoms. The predicted octanol–water partition coefficient (Wildman–Crippen LogP) is 1.95. The third kappa shape index (κ3) is 3.39. The number of aromatic nitrogens is 2. The van der Waals surface area contributed by atoms with Crippen LogP contribution in [0.2, 0.25) is 0 Å². The Kier molecular flexibility index (Phi) is 4.63. The molecule has 3 fully saturated rings. The number of nitrogens with one attached hydrogen (secondary N) is 1. The Morgan fingerprint density at radius 3 is 2.50 bits per heavy atom. The minimum Gasteiger partial charge on any atom is -0.347 e. The van der Waals surface area contributed by atoms with E-state index in [4.69, 9.17) is 5.26 Å². The maximum atomic E-state index is 13.2. The second-order valence-corrected chi connectivity index (χ2v) is 8.41. The van der Waals surface area contributed by atoms with Gasteiger partial charge in [-0.1, -0.05) is 0 Å². The largest absolute Gasteiger partial charge is 0.347 e. The van der Waals surface area contributed by atoms with Gasteiger partial charge < -0.3 is 9.80 Å². The van der Waals surface area contributed by atoms with Gasteiger partial charge in [0.1, 0.15) is 17.7 Å². The van der Waals surface area contributed by atoms with E-state index in [1.54, 1.807) is 18.3 Å². The highest BCUT2D eigenvalue weighted by Crippen LogP contribution is 2.44. The zero-order valence-electron chi connectivity index (χ0n) is 16.6. The molecule has 2 unspecified atom stereocenters. The van der Waals surface area contributed by atoms with Gasteiger partial charge in [-0.15, -0.1) is 0 Å². The van der Waals surface area contributed by atoms with Crippen molar-refractivity contribution in [3.8, 4) is 6.07 Å². The molecule has 7 nitrogen and oxygen atoms in total. The first-order chi connectivity index (χ1) is 14.6. The van der Waals surface area contributed by atoms with E-state index >= 15 is 0 Å². The van der Waals surface area contributed by atoms with Crippen LogP contribution in [0.15, 0.2) is 36.7 Å². The molecular weight excluding hydrogens is 383 g/mol. The number of likely N-dealkylation sites (tertiary alicyclic amines) is 1. The quantitative estimate of drug-likeness (QED) is 0.817. The molecule has 2 aliphatic heterocycles. The van der Waals surface area contributed by atoms with Gasteiger partial charge in [-0.3, -0.25) is 15.1 Å². The summed E-state index contributed by atoms with van der Waals surface area (Å²) in [5.41, 5.74) is 1.06. The number of fused-ring (bicyclic) bond motifs is 2. The Balaban J connectivity index is 1.21. The Labute approximate surface area is 174 Å². The van der Waals surface area contributed by atoms with Gasteiger partial charge in [0.05, 0.1) is 29.5 Å². The summed E-state index contributed by atoms with van der Waals surface area (Å²) in [4.78, 5) is 25.8. The van der Waals surface area contributed by atoms with Crippen LogP contribution in [0, 0.1) is 17.1 Å². The van der Waals surface area contributed by atoms with E-state index in [0.29, 0.717) is 18.7 Å². The first-order valence-corrected chi connectivity index (χ1v) is 10.4. The number of nitrogens with zero attached hydrogens (tertiary/aromatic N) is 5. The Morgan fingerprint density at radius 1 is 1.17 bits per heavy atom. The van der Waals surface area contributed by atoms with Crippen LogP contribution in [-0.2, 0) is 10.3 Å². The van der Waals surface area contributed by atoms with E-state index in [2.05, 4.69) is 26.3 Å². The van der Waals surface area contributed by atoms with Crippen LogP contribution in [0.1, 0.15) is 36.9 Å². The highest BCUT2D eigenvalue weighted by atomic mass is 19.1. The van der Waals surface area contributed by atoms with E-state index in [0.717, 1.165) is 37.2 Å². The molecule has 2 saturated heterocycles. The zero-order valence-corrected chi connectivity index (χ0v) is 16.6. The summed E-state index contributed by atoms with van der Waals surface area (Å²) >= 11 is 0. The molecule has 1 amide bonds. The summed E-state index contributed by atoms with van der Waals surface area (Å²) in [5.74, 6) is 0.620. The van der Waals surface area contributed by atoms with Crippen molar-refractivity contribution in [3.05, 3.63) is 53.7 Å². The fraction of sp³-hybridized carbons (Fsp3) is 0.455. The number of piperazine rings is 1. The molecule has 154 valence electrons. The SMILES string of the molecule is N#Cc1ccc(N2C3CCC2CN(C(=O)CNC2(c4ccc(F)cn4)CC2)C3)nc1. The van der Waals surface area contributed by atoms with Gasteiger partial charge in [0.15, 0.2) is 0 Å². The molecule has 2 aromatic heterocycles. The lowest BCUT2D eigenvalue weighted by molar-refractivity contribution is -0.131. The molecule has 4 heterocycles. The summed E-state index contributed by atoms with van der Waals surface area (Å²) in [7, 11) is 0. The summed E-state index contributed by atoms with van der Waals surface area (Å²) < 4.78 is 13.2. The molecule has 0 radical (unpaired) electrons. The average molecular weight is 406 g/mol. The number of carbonyl (C=O) groups is 1. The van der Waals surface area contributed by atoms with Crippen molar-refractivity contribution in [2.75, 3.05) is 24.5 Å². The van der Waals surface area contributed by atoms with Gasteiger partial charge in [-0.2, -0.15) is 5.26 Å². The first kappa shape index (κ1) is 18.9. The van der Waals surface area contributed by atoms with Gasteiger partial charge in [0.2, 0.25) is 5.91 Å². The lowest BCUT2D eigenvalue weighted by Gasteiger charge is -2.42. The number of anilines is 1. The van der Waals surface area contributed by atoms with Crippen LogP contribution < -0.4 is 10.2 Å². The van der Waals surface area contributed by atoms with Gasteiger partial charge in [-0.05, 0) is 49.9 Å². The maximum Gasteiger partial charge on any atom is 0.236 e. The normalized spacial score (nSPS) is 23.9. The number of halogens is 1. The van der Waals surface area contributed by atoms with Gasteiger partial charge in [0.25, 0.3) is 0 Å². The first-order valence-electron chi connectivity index (χ1n) is 10.4. The topological polar surface area (TPSA) is 85.2 Å². The average Bonchev–Trinajstić information content (AvgIpc) is 3.52. The molecule has 2 aromatic rings. The van der Waals surface area contributed by atoms with E-state index in [9.17, 15) is 9.18 Å². The monoisotopic (exact) mass is 406 g/mol. The van der Waals surface area contributed by atoms with Crippen LogP contribution in [0.3, 0.4) is 0 Å². The Morgan fingerprint density at radius 2 is 1.93 bits per heavy atom. The number of pyridine rings is 2. The van der Waals surface area contributed by atoms with Crippen molar-refractivity contribution < 1.29 is 9.18 Å². The predicted molar refractivity (Wildman–Crippen MR) is 108 cm³/mol. The van der Waals surface area contributed by atoms with E-state index in [1.807, 2.05) is 11.0 Å². The Bertz CT molecular complexity index is 968. The van der Waals surface area contributed by atoms with Crippen molar-refractivity contribution in [1.29, 1.82) is 5.26 Å². The number of nitriles is 1. The van der Waals surface area contributed by atoms with E-state index in [1.165, 1.54) is 12.3 Å². The standard InChI is InChI=1S/C22H23FN6O/c23-16-2-5-19(25-11-16)22(7-8-22)27-12-21(30)28-13-17-3-4-18(14-28)29(17)20-6-1-15(9-24)10-26-20/h1-2,5-6,10-11,17-18,27H,3-4,7-8,12-14H2. The molecule has 2 atom stereocenters. The molecule has 8 heteroatoms. The van der Waals surface area contributed by atoms with Crippen LogP contribution in [-0.4, -0.2) is 52.5 Å². The number of hydrogen-bond acceptors (Lipinski definition) is 6. The lowest BCUT2D eigenvalue weighted by Crippen LogP contribution is -2.57. The molecule has 1 aliphatic carbocycles. The molecule has 1 saturated carbocycles. The van der Waals surface area contributed by atoms with Gasteiger partial charge in [-0.25, -0.2) is 9.37 Å². The Hall–Kier alpha value is -3.05. The highest BCUT2D eigenvalue weighted by Gasteiger charge is 2.46. The molecule has 0 spiro atoms. The minimum absolute atomic E-state index is 0.0905. The molecule has 1 N–H and O–H groups in total. The van der Waals surface area contributed by atoms with Crippen LogP contribution >= 0.6 is 0 Å². The number of carbonyl (C=O) groups excluding carboxylic acids is 1. The molecule has 3 aliphatic rings.